The summed E-state index contributed by atoms with van der Waals surface area (Å²) in [6.45, 7) is 7.67. The normalized spacial score (nSPS) is 19.5. The minimum Gasteiger partial charge on any atom is -0.444 e. The maximum atomic E-state index is 5.51. The molecule has 1 aliphatic heterocycles. The Labute approximate surface area is 106 Å². The van der Waals surface area contributed by atoms with Gasteiger partial charge in [-0.1, -0.05) is 25.1 Å². The van der Waals surface area contributed by atoms with E-state index >= 15 is 0 Å². The van der Waals surface area contributed by atoms with Crippen LogP contribution in [0.4, 0.5) is 0 Å². The molecule has 17 heavy (non-hydrogen) atoms. The number of aliphatic imine (C=N–C) groups is 1. The average molecular weight is 253 g/mol. The molecule has 2 rings (SSSR count). The van der Waals surface area contributed by atoms with Crippen LogP contribution >= 0.6 is 11.8 Å². The lowest BCUT2D eigenvalue weighted by Crippen LogP contribution is -2.19. The summed E-state index contributed by atoms with van der Waals surface area (Å²) >= 11 is 1.83. The maximum absolute atomic E-state index is 5.51. The van der Waals surface area contributed by atoms with Gasteiger partial charge in [0, 0.05) is 5.25 Å². The number of aryl methyl sites for hydroxylation is 2. The van der Waals surface area contributed by atoms with Crippen molar-refractivity contribution in [3.63, 3.8) is 0 Å². The molecule has 0 amide bonds. The summed E-state index contributed by atoms with van der Waals surface area (Å²) in [5.74, 6) is 1.63. The van der Waals surface area contributed by atoms with Gasteiger partial charge in [-0.3, -0.25) is 4.99 Å². The smallest absolute Gasteiger partial charge is 0.213 e. The van der Waals surface area contributed by atoms with Crippen LogP contribution in [0.25, 0.3) is 0 Å². The first kappa shape index (κ1) is 12.5. The first-order valence-electron chi connectivity index (χ1n) is 6.07. The SMILES string of the molecule is CCCC1CN=C(NCc2nc(C)c(C)o2)S1. The number of amidine groups is 1. The number of aromatic nitrogens is 1. The molecule has 0 bridgehead atoms. The van der Waals surface area contributed by atoms with Crippen molar-refractivity contribution in [1.29, 1.82) is 0 Å². The Kier molecular flexibility index (Phi) is 4.10. The van der Waals surface area contributed by atoms with Crippen molar-refractivity contribution in [1.82, 2.24) is 10.3 Å². The molecule has 1 aliphatic rings. The molecular weight excluding hydrogens is 234 g/mol. The first-order valence-corrected chi connectivity index (χ1v) is 6.95. The second-order valence-electron chi connectivity index (χ2n) is 4.28. The van der Waals surface area contributed by atoms with E-state index in [9.17, 15) is 0 Å². The van der Waals surface area contributed by atoms with Crippen LogP contribution in [0.1, 0.15) is 37.1 Å². The Morgan fingerprint density at radius 2 is 2.29 bits per heavy atom. The van der Waals surface area contributed by atoms with Crippen LogP contribution in [0, 0.1) is 13.8 Å². The van der Waals surface area contributed by atoms with Crippen molar-refractivity contribution in [2.45, 2.75) is 45.4 Å². The van der Waals surface area contributed by atoms with Gasteiger partial charge in [-0.05, 0) is 20.3 Å². The van der Waals surface area contributed by atoms with E-state index in [0.29, 0.717) is 11.8 Å². The molecule has 1 atom stereocenters. The molecule has 94 valence electrons. The zero-order valence-corrected chi connectivity index (χ0v) is 11.4. The monoisotopic (exact) mass is 253 g/mol. The quantitative estimate of drug-likeness (QED) is 0.896. The van der Waals surface area contributed by atoms with Gasteiger partial charge in [0.05, 0.1) is 18.8 Å². The minimum absolute atomic E-state index is 0.624. The largest absolute Gasteiger partial charge is 0.444 e. The predicted molar refractivity (Wildman–Crippen MR) is 71.4 cm³/mol. The molecule has 1 aromatic rings. The van der Waals surface area contributed by atoms with Gasteiger partial charge < -0.3 is 9.73 Å². The number of hydrogen-bond acceptors (Lipinski definition) is 5. The average Bonchev–Trinajstić information content (AvgIpc) is 2.85. The molecule has 1 N–H and O–H groups in total. The van der Waals surface area contributed by atoms with Crippen LogP contribution in [0.2, 0.25) is 0 Å². The van der Waals surface area contributed by atoms with Gasteiger partial charge in [0.1, 0.15) is 5.76 Å². The highest BCUT2D eigenvalue weighted by Gasteiger charge is 2.18. The van der Waals surface area contributed by atoms with Crippen molar-refractivity contribution in [2.75, 3.05) is 6.54 Å². The summed E-state index contributed by atoms with van der Waals surface area (Å²) < 4.78 is 5.51. The summed E-state index contributed by atoms with van der Waals surface area (Å²) in [4.78, 5) is 8.81. The number of nitrogens with one attached hydrogen (secondary N) is 1. The summed E-state index contributed by atoms with van der Waals surface area (Å²) in [6, 6.07) is 0. The van der Waals surface area contributed by atoms with E-state index in [4.69, 9.17) is 4.42 Å². The van der Waals surface area contributed by atoms with Crippen LogP contribution in [0.5, 0.6) is 0 Å². The number of oxazole rings is 1. The van der Waals surface area contributed by atoms with Crippen molar-refractivity contribution in [3.05, 3.63) is 17.3 Å². The Balaban J connectivity index is 1.80. The van der Waals surface area contributed by atoms with Crippen LogP contribution in [-0.2, 0) is 6.54 Å². The summed E-state index contributed by atoms with van der Waals surface area (Å²) in [6.07, 6.45) is 2.45. The molecule has 1 unspecified atom stereocenters. The first-order chi connectivity index (χ1) is 8.19. The van der Waals surface area contributed by atoms with Gasteiger partial charge >= 0.3 is 0 Å². The zero-order chi connectivity index (χ0) is 12.3. The molecule has 0 radical (unpaired) electrons. The fourth-order valence-corrected chi connectivity index (χ4v) is 2.88. The third-order valence-electron chi connectivity index (χ3n) is 2.79. The molecule has 0 spiro atoms. The Bertz CT molecular complexity index is 394. The number of hydrogen-bond donors (Lipinski definition) is 1. The van der Waals surface area contributed by atoms with Gasteiger partial charge in [-0.15, -0.1) is 0 Å². The van der Waals surface area contributed by atoms with E-state index in [2.05, 4.69) is 22.2 Å². The van der Waals surface area contributed by atoms with Gasteiger partial charge in [0.25, 0.3) is 0 Å². The highest BCUT2D eigenvalue weighted by Crippen LogP contribution is 2.23. The molecule has 0 aliphatic carbocycles. The van der Waals surface area contributed by atoms with Crippen molar-refractivity contribution in [3.8, 4) is 0 Å². The van der Waals surface area contributed by atoms with Gasteiger partial charge in [0.2, 0.25) is 5.89 Å². The molecule has 0 aromatic carbocycles. The van der Waals surface area contributed by atoms with Gasteiger partial charge in [-0.2, -0.15) is 0 Å². The van der Waals surface area contributed by atoms with E-state index in [1.165, 1.54) is 12.8 Å². The molecule has 1 aromatic heterocycles. The number of rotatable bonds is 4. The van der Waals surface area contributed by atoms with Gasteiger partial charge in [0.15, 0.2) is 5.17 Å². The van der Waals surface area contributed by atoms with E-state index in [1.54, 1.807) is 0 Å². The molecule has 4 nitrogen and oxygen atoms in total. The Morgan fingerprint density at radius 3 is 2.94 bits per heavy atom. The molecule has 0 fully saturated rings. The van der Waals surface area contributed by atoms with Crippen LogP contribution in [-0.4, -0.2) is 21.9 Å². The number of thioether (sulfide) groups is 1. The molecule has 0 saturated heterocycles. The standard InChI is InChI=1S/C12H19N3OS/c1-4-5-10-6-13-12(17-10)14-7-11-15-8(2)9(3)16-11/h10H,4-7H2,1-3H3,(H,13,14). The highest BCUT2D eigenvalue weighted by atomic mass is 32.2. The number of nitrogens with zero attached hydrogens (tertiary/aromatic N) is 2. The summed E-state index contributed by atoms with van der Waals surface area (Å²) in [7, 11) is 0. The van der Waals surface area contributed by atoms with Crippen molar-refractivity contribution in [2.24, 2.45) is 4.99 Å². The van der Waals surface area contributed by atoms with E-state index in [1.807, 2.05) is 25.6 Å². The van der Waals surface area contributed by atoms with Crippen molar-refractivity contribution >= 4 is 16.9 Å². The minimum atomic E-state index is 0.624. The maximum Gasteiger partial charge on any atom is 0.213 e. The lowest BCUT2D eigenvalue weighted by molar-refractivity contribution is 0.465. The fourth-order valence-electron chi connectivity index (χ4n) is 1.75. The fraction of sp³-hybridized carbons (Fsp3) is 0.667. The Hall–Kier alpha value is -0.970. The summed E-state index contributed by atoms with van der Waals surface area (Å²) in [5.41, 5.74) is 0.965. The van der Waals surface area contributed by atoms with Gasteiger partial charge in [-0.25, -0.2) is 4.98 Å². The highest BCUT2D eigenvalue weighted by molar-refractivity contribution is 8.14. The topological polar surface area (TPSA) is 50.4 Å². The second-order valence-corrected chi connectivity index (χ2v) is 5.57. The lowest BCUT2D eigenvalue weighted by atomic mass is 10.2. The van der Waals surface area contributed by atoms with E-state index in [0.717, 1.165) is 29.1 Å². The molecule has 0 saturated carbocycles. The lowest BCUT2D eigenvalue weighted by Gasteiger charge is -2.06. The zero-order valence-electron chi connectivity index (χ0n) is 10.6. The summed E-state index contributed by atoms with van der Waals surface area (Å²) in [5, 5.41) is 4.96. The molecule has 5 heteroatoms. The van der Waals surface area contributed by atoms with Crippen molar-refractivity contribution < 1.29 is 4.42 Å². The van der Waals surface area contributed by atoms with E-state index < -0.39 is 0 Å². The molecular formula is C12H19N3OS. The van der Waals surface area contributed by atoms with Crippen LogP contribution in [0.15, 0.2) is 9.41 Å². The third kappa shape index (κ3) is 3.25. The van der Waals surface area contributed by atoms with E-state index in [-0.39, 0.29) is 0 Å². The third-order valence-corrected chi connectivity index (χ3v) is 4.01. The Morgan fingerprint density at radius 1 is 1.47 bits per heavy atom. The predicted octanol–water partition coefficient (Wildman–Crippen LogP) is 2.65. The second kappa shape index (κ2) is 5.58. The van der Waals surface area contributed by atoms with Crippen LogP contribution < -0.4 is 5.32 Å². The van der Waals surface area contributed by atoms with Crippen LogP contribution in [0.3, 0.4) is 0 Å². The molecule has 2 heterocycles.